The first-order valence-electron chi connectivity index (χ1n) is 17.4. The summed E-state index contributed by atoms with van der Waals surface area (Å²) in [5.74, 6) is 0. The van der Waals surface area contributed by atoms with Gasteiger partial charge in [0.05, 0.1) is 79.7 Å². The fourth-order valence-corrected chi connectivity index (χ4v) is 6.14. The molecule has 254 valence electrons. The van der Waals surface area contributed by atoms with Crippen LogP contribution in [0.3, 0.4) is 0 Å². The zero-order valence-corrected chi connectivity index (χ0v) is 28.8. The normalized spacial score (nSPS) is 11.0. The maximum atomic E-state index is 5.10. The number of nitrogens with zero attached hydrogens (tertiary/aromatic N) is 9. The lowest BCUT2D eigenvalue weighted by molar-refractivity contribution is 1.19. The van der Waals surface area contributed by atoms with E-state index in [0.29, 0.717) is 34.2 Å². The second-order valence-corrected chi connectivity index (χ2v) is 12.3. The third-order valence-electron chi connectivity index (χ3n) is 8.73. The predicted molar refractivity (Wildman–Crippen MR) is 210 cm³/mol. The van der Waals surface area contributed by atoms with Crippen molar-refractivity contribution in [3.05, 3.63) is 176 Å². The first-order valence-corrected chi connectivity index (χ1v) is 17.4. The molecule has 0 saturated heterocycles. The maximum absolute atomic E-state index is 5.10. The van der Waals surface area contributed by atoms with E-state index in [-0.39, 0.29) is 0 Å². The van der Waals surface area contributed by atoms with Gasteiger partial charge in [0.25, 0.3) is 0 Å². The summed E-state index contributed by atoms with van der Waals surface area (Å²) in [5.41, 5.74) is 12.1. The minimum Gasteiger partial charge on any atom is -0.255 e. The summed E-state index contributed by atoms with van der Waals surface area (Å²) in [5, 5.41) is 0. The molecule has 0 aliphatic heterocycles. The van der Waals surface area contributed by atoms with Crippen LogP contribution in [0, 0.1) is 0 Å². The third kappa shape index (κ3) is 6.84. The van der Waals surface area contributed by atoms with Crippen LogP contribution in [0.2, 0.25) is 0 Å². The summed E-state index contributed by atoms with van der Waals surface area (Å²) >= 11 is 0. The standard InChI is InChI=1S/C45H29N9/c1-5-22-46-32(12-1)36-16-9-18-38(50-36)39-19-11-21-41(52-39)45-29-31(27-43(54-45)35-15-4-8-25-49-35)30-26-42(34-14-3-7-24-48-34)53-44(28-30)40-20-10-17-37(51-40)33-13-2-6-23-47-33/h1-29H. The number of rotatable bonds is 8. The van der Waals surface area contributed by atoms with E-state index in [0.717, 1.165) is 56.7 Å². The fourth-order valence-electron chi connectivity index (χ4n) is 6.14. The molecule has 9 aromatic heterocycles. The van der Waals surface area contributed by atoms with Crippen molar-refractivity contribution in [3.8, 4) is 90.8 Å². The van der Waals surface area contributed by atoms with Crippen molar-refractivity contribution in [2.24, 2.45) is 0 Å². The molecular formula is C45H29N9. The van der Waals surface area contributed by atoms with Gasteiger partial charge in [0.2, 0.25) is 0 Å². The Hall–Kier alpha value is -7.65. The van der Waals surface area contributed by atoms with Gasteiger partial charge in [-0.05, 0) is 120 Å². The second-order valence-electron chi connectivity index (χ2n) is 12.3. The molecule has 0 aliphatic rings. The first kappa shape index (κ1) is 32.3. The smallest absolute Gasteiger partial charge is 0.0900 e. The largest absolute Gasteiger partial charge is 0.255 e. The number of aromatic nitrogens is 9. The zero-order chi connectivity index (χ0) is 36.1. The average molecular weight is 696 g/mol. The van der Waals surface area contributed by atoms with Crippen molar-refractivity contribution < 1.29 is 0 Å². The van der Waals surface area contributed by atoms with Crippen molar-refractivity contribution in [2.45, 2.75) is 0 Å². The molecule has 0 radical (unpaired) electrons. The van der Waals surface area contributed by atoms with E-state index in [1.807, 2.05) is 140 Å². The number of hydrogen-bond donors (Lipinski definition) is 0. The molecule has 0 aliphatic carbocycles. The average Bonchev–Trinajstić information content (AvgIpc) is 3.27. The SMILES string of the molecule is c1ccc(-c2cccc(-c3cc(-c4cc(-c5ccccn5)nc(-c5cccc(-c6cccc(-c7ccccn7)n6)n5)c4)cc(-c4ccccn4)n3)n2)nc1. The van der Waals surface area contributed by atoms with Crippen LogP contribution in [-0.4, -0.2) is 44.9 Å². The minimum atomic E-state index is 0.684. The summed E-state index contributed by atoms with van der Waals surface area (Å²) in [6.45, 7) is 0. The van der Waals surface area contributed by atoms with Crippen LogP contribution in [0.25, 0.3) is 90.8 Å². The van der Waals surface area contributed by atoms with Crippen LogP contribution >= 0.6 is 0 Å². The van der Waals surface area contributed by atoms with E-state index < -0.39 is 0 Å². The van der Waals surface area contributed by atoms with Gasteiger partial charge in [0.15, 0.2) is 0 Å². The minimum absolute atomic E-state index is 0.684. The lowest BCUT2D eigenvalue weighted by atomic mass is 10.00. The van der Waals surface area contributed by atoms with Crippen molar-refractivity contribution in [1.29, 1.82) is 0 Å². The molecule has 9 heterocycles. The molecule has 9 aromatic rings. The maximum Gasteiger partial charge on any atom is 0.0900 e. The molecule has 0 unspecified atom stereocenters. The topological polar surface area (TPSA) is 116 Å². The molecule has 9 heteroatoms. The van der Waals surface area contributed by atoms with Crippen LogP contribution < -0.4 is 0 Å². The Morgan fingerprint density at radius 1 is 0.204 bits per heavy atom. The zero-order valence-electron chi connectivity index (χ0n) is 28.8. The first-order chi connectivity index (χ1) is 26.7. The van der Waals surface area contributed by atoms with E-state index in [2.05, 4.69) is 32.1 Å². The van der Waals surface area contributed by atoms with Crippen molar-refractivity contribution in [1.82, 2.24) is 44.9 Å². The molecule has 0 atom stereocenters. The summed E-state index contributed by atoms with van der Waals surface area (Å²) < 4.78 is 0. The highest BCUT2D eigenvalue weighted by Crippen LogP contribution is 2.34. The van der Waals surface area contributed by atoms with Gasteiger partial charge in [-0.3, -0.25) is 19.9 Å². The Morgan fingerprint density at radius 3 is 0.722 bits per heavy atom. The summed E-state index contributed by atoms with van der Waals surface area (Å²) in [7, 11) is 0. The predicted octanol–water partition coefficient (Wildman–Crippen LogP) is 9.58. The van der Waals surface area contributed by atoms with Crippen LogP contribution in [0.1, 0.15) is 0 Å². The molecule has 9 rings (SSSR count). The molecule has 0 fully saturated rings. The Balaban J connectivity index is 1.19. The van der Waals surface area contributed by atoms with E-state index in [1.54, 1.807) is 24.8 Å². The highest BCUT2D eigenvalue weighted by Gasteiger charge is 2.16. The second kappa shape index (κ2) is 14.5. The van der Waals surface area contributed by atoms with Gasteiger partial charge >= 0.3 is 0 Å². The van der Waals surface area contributed by atoms with E-state index in [4.69, 9.17) is 24.9 Å². The Bertz CT molecular complexity index is 2710. The Kier molecular flexibility index (Phi) is 8.68. The van der Waals surface area contributed by atoms with Gasteiger partial charge in [0, 0.05) is 24.8 Å². The lowest BCUT2D eigenvalue weighted by Crippen LogP contribution is -1.98. The molecule has 0 aromatic carbocycles. The third-order valence-corrected chi connectivity index (χ3v) is 8.73. The van der Waals surface area contributed by atoms with Gasteiger partial charge in [-0.2, -0.15) is 0 Å². The molecule has 0 spiro atoms. The van der Waals surface area contributed by atoms with E-state index >= 15 is 0 Å². The van der Waals surface area contributed by atoms with Crippen molar-refractivity contribution in [3.63, 3.8) is 0 Å². The van der Waals surface area contributed by atoms with Crippen LogP contribution in [0.15, 0.2) is 176 Å². The lowest BCUT2D eigenvalue weighted by Gasteiger charge is -2.13. The number of hydrogen-bond acceptors (Lipinski definition) is 9. The summed E-state index contributed by atoms with van der Waals surface area (Å²) in [6.07, 6.45) is 7.07. The van der Waals surface area contributed by atoms with Crippen LogP contribution in [0.4, 0.5) is 0 Å². The van der Waals surface area contributed by atoms with Gasteiger partial charge in [-0.25, -0.2) is 24.9 Å². The molecule has 54 heavy (non-hydrogen) atoms. The number of pyridine rings is 9. The molecule has 0 saturated carbocycles. The quantitative estimate of drug-likeness (QED) is 0.153. The highest BCUT2D eigenvalue weighted by atomic mass is 14.9. The van der Waals surface area contributed by atoms with Crippen LogP contribution in [-0.2, 0) is 0 Å². The molecule has 0 N–H and O–H groups in total. The monoisotopic (exact) mass is 695 g/mol. The van der Waals surface area contributed by atoms with Gasteiger partial charge in [-0.1, -0.05) is 42.5 Å². The molecule has 0 amide bonds. The van der Waals surface area contributed by atoms with Crippen molar-refractivity contribution in [2.75, 3.05) is 0 Å². The molecule has 9 nitrogen and oxygen atoms in total. The summed E-state index contributed by atoms with van der Waals surface area (Å²) in [6, 6.07) is 49.1. The fraction of sp³-hybridized carbons (Fsp3) is 0. The van der Waals surface area contributed by atoms with Crippen molar-refractivity contribution >= 4 is 0 Å². The van der Waals surface area contributed by atoms with E-state index in [1.165, 1.54) is 0 Å². The van der Waals surface area contributed by atoms with Gasteiger partial charge < -0.3 is 0 Å². The molecular weight excluding hydrogens is 667 g/mol. The van der Waals surface area contributed by atoms with E-state index in [9.17, 15) is 0 Å². The Morgan fingerprint density at radius 2 is 0.426 bits per heavy atom. The van der Waals surface area contributed by atoms with Crippen LogP contribution in [0.5, 0.6) is 0 Å². The molecule has 0 bridgehead atoms. The van der Waals surface area contributed by atoms with Gasteiger partial charge in [-0.15, -0.1) is 0 Å². The highest BCUT2D eigenvalue weighted by molar-refractivity contribution is 5.80. The Labute approximate surface area is 311 Å². The van der Waals surface area contributed by atoms with Gasteiger partial charge in [0.1, 0.15) is 0 Å². The summed E-state index contributed by atoms with van der Waals surface area (Å²) in [4.78, 5) is 43.4.